The Bertz CT molecular complexity index is 508. The van der Waals surface area contributed by atoms with E-state index in [4.69, 9.17) is 26.5 Å². The highest BCUT2D eigenvalue weighted by Crippen LogP contribution is 2.18. The van der Waals surface area contributed by atoms with Crippen LogP contribution in [-0.4, -0.2) is 41.4 Å². The average Bonchev–Trinajstić information content (AvgIpc) is 2.90. The summed E-state index contributed by atoms with van der Waals surface area (Å²) in [4.78, 5) is 17.3. The predicted octanol–water partition coefficient (Wildman–Crippen LogP) is 2.49. The molecule has 1 saturated heterocycles. The van der Waals surface area contributed by atoms with Crippen LogP contribution in [0.25, 0.3) is 0 Å². The molecule has 120 valence electrons. The van der Waals surface area contributed by atoms with Crippen molar-refractivity contribution in [1.82, 2.24) is 5.06 Å². The van der Waals surface area contributed by atoms with E-state index in [1.165, 1.54) is 12.0 Å². The maximum absolute atomic E-state index is 11.7. The Hall–Kier alpha value is -1.50. The van der Waals surface area contributed by atoms with Gasteiger partial charge in [0.05, 0.1) is 19.3 Å². The van der Waals surface area contributed by atoms with E-state index in [1.54, 1.807) is 6.92 Å². The second-order valence-corrected chi connectivity index (χ2v) is 5.84. The van der Waals surface area contributed by atoms with Crippen molar-refractivity contribution in [3.05, 3.63) is 35.9 Å². The minimum atomic E-state index is -0.144. The van der Waals surface area contributed by atoms with E-state index < -0.39 is 0 Å². The van der Waals surface area contributed by atoms with Crippen LogP contribution in [0.15, 0.2) is 30.3 Å². The smallest absolute Gasteiger partial charge is 0.243 e. The van der Waals surface area contributed by atoms with Crippen LogP contribution in [0, 0.1) is 0 Å². The van der Waals surface area contributed by atoms with Gasteiger partial charge in [0.15, 0.2) is 5.05 Å². The number of rotatable bonds is 6. The maximum Gasteiger partial charge on any atom is 0.243 e. The highest BCUT2D eigenvalue weighted by Gasteiger charge is 2.29. The molecule has 1 fully saturated rings. The number of hydrogen-bond acceptors (Lipinski definition) is 5. The van der Waals surface area contributed by atoms with Crippen LogP contribution in [0.3, 0.4) is 0 Å². The van der Waals surface area contributed by atoms with Crippen molar-refractivity contribution in [3.8, 4) is 0 Å². The molecule has 0 unspecified atom stereocenters. The van der Waals surface area contributed by atoms with E-state index in [0.29, 0.717) is 31.2 Å². The second-order valence-electron chi connectivity index (χ2n) is 5.26. The van der Waals surface area contributed by atoms with Gasteiger partial charge in [0.2, 0.25) is 5.91 Å². The first-order valence-corrected chi connectivity index (χ1v) is 7.69. The lowest BCUT2D eigenvalue weighted by Gasteiger charge is -2.23. The van der Waals surface area contributed by atoms with Crippen LogP contribution in [0.1, 0.15) is 25.8 Å². The zero-order valence-electron chi connectivity index (χ0n) is 12.9. The summed E-state index contributed by atoms with van der Waals surface area (Å²) in [6.07, 6.45) is 0.566. The first-order valence-electron chi connectivity index (χ1n) is 7.28. The SMILES string of the molecule is CC(=O)N(C[C@@H]1C[C@@H](OC(C)=S)CO1)OCc1ccccc1. The summed E-state index contributed by atoms with van der Waals surface area (Å²) >= 11 is 4.93. The fourth-order valence-electron chi connectivity index (χ4n) is 2.30. The van der Waals surface area contributed by atoms with E-state index in [1.807, 2.05) is 30.3 Å². The van der Waals surface area contributed by atoms with Crippen LogP contribution in [-0.2, 0) is 25.7 Å². The molecule has 1 aliphatic rings. The largest absolute Gasteiger partial charge is 0.482 e. The minimum absolute atomic E-state index is 0.0366. The van der Waals surface area contributed by atoms with E-state index in [2.05, 4.69) is 0 Å². The second kappa shape index (κ2) is 8.22. The summed E-state index contributed by atoms with van der Waals surface area (Å²) in [6.45, 7) is 4.45. The summed E-state index contributed by atoms with van der Waals surface area (Å²) in [7, 11) is 0. The van der Waals surface area contributed by atoms with Gasteiger partial charge in [0, 0.05) is 20.3 Å². The molecule has 22 heavy (non-hydrogen) atoms. The molecule has 1 amide bonds. The fourth-order valence-corrected chi connectivity index (χ4v) is 2.44. The molecule has 1 aromatic carbocycles. The van der Waals surface area contributed by atoms with Crippen molar-refractivity contribution in [2.75, 3.05) is 13.2 Å². The van der Waals surface area contributed by atoms with E-state index >= 15 is 0 Å². The molecule has 1 heterocycles. The lowest BCUT2D eigenvalue weighted by molar-refractivity contribution is -0.196. The molecule has 0 radical (unpaired) electrons. The normalized spacial score (nSPS) is 20.6. The number of ether oxygens (including phenoxy) is 2. The van der Waals surface area contributed by atoms with Crippen LogP contribution in [0.2, 0.25) is 0 Å². The minimum Gasteiger partial charge on any atom is -0.482 e. The molecule has 0 saturated carbocycles. The number of carbonyl (C=O) groups is 1. The third-order valence-electron chi connectivity index (χ3n) is 3.33. The van der Waals surface area contributed by atoms with Crippen LogP contribution in [0.5, 0.6) is 0 Å². The lowest BCUT2D eigenvalue weighted by Crippen LogP contribution is -2.36. The molecule has 1 aliphatic heterocycles. The Morgan fingerprint density at radius 1 is 1.36 bits per heavy atom. The molecule has 5 nitrogen and oxygen atoms in total. The van der Waals surface area contributed by atoms with Crippen molar-refractivity contribution >= 4 is 23.2 Å². The Morgan fingerprint density at radius 2 is 2.09 bits per heavy atom. The van der Waals surface area contributed by atoms with Gasteiger partial charge in [-0.15, -0.1) is 0 Å². The van der Waals surface area contributed by atoms with Gasteiger partial charge in [-0.1, -0.05) is 30.3 Å². The Balaban J connectivity index is 1.82. The third-order valence-corrected chi connectivity index (χ3v) is 3.42. The van der Waals surface area contributed by atoms with E-state index in [0.717, 1.165) is 5.56 Å². The van der Waals surface area contributed by atoms with Crippen LogP contribution >= 0.6 is 12.2 Å². The van der Waals surface area contributed by atoms with Gasteiger partial charge >= 0.3 is 0 Å². The average molecular weight is 323 g/mol. The zero-order valence-corrected chi connectivity index (χ0v) is 13.7. The molecule has 2 rings (SSSR count). The van der Waals surface area contributed by atoms with Crippen LogP contribution < -0.4 is 0 Å². The standard InChI is InChI=1S/C16H21NO4S/c1-12(18)17(20-10-14-6-4-3-5-7-14)9-15-8-16(11-19-15)21-13(2)22/h3-7,15-16H,8-11H2,1-2H3/t15-,16+/m0/s1. The number of amides is 1. The highest BCUT2D eigenvalue weighted by atomic mass is 32.1. The number of benzene rings is 1. The fraction of sp³-hybridized carbons (Fsp3) is 0.500. The topological polar surface area (TPSA) is 48.0 Å². The monoisotopic (exact) mass is 323 g/mol. The molecule has 0 bridgehead atoms. The van der Waals surface area contributed by atoms with Gasteiger partial charge in [-0.2, -0.15) is 0 Å². The molecule has 0 N–H and O–H groups in total. The van der Waals surface area contributed by atoms with E-state index in [-0.39, 0.29) is 18.1 Å². The molecule has 6 heteroatoms. The number of hydrogen-bond donors (Lipinski definition) is 0. The summed E-state index contributed by atoms with van der Waals surface area (Å²) in [5.74, 6) is -0.144. The van der Waals surface area contributed by atoms with Crippen molar-refractivity contribution in [2.24, 2.45) is 0 Å². The third kappa shape index (κ3) is 5.36. The predicted molar refractivity (Wildman–Crippen MR) is 86.1 cm³/mol. The van der Waals surface area contributed by atoms with Crippen molar-refractivity contribution < 1.29 is 19.1 Å². The van der Waals surface area contributed by atoms with Crippen molar-refractivity contribution in [1.29, 1.82) is 0 Å². The molecule has 0 aromatic heterocycles. The Kier molecular flexibility index (Phi) is 6.30. The first-order chi connectivity index (χ1) is 10.5. The van der Waals surface area contributed by atoms with Gasteiger partial charge < -0.3 is 9.47 Å². The number of carbonyl (C=O) groups excluding carboxylic acids is 1. The van der Waals surface area contributed by atoms with E-state index in [9.17, 15) is 4.79 Å². The molecule has 0 aliphatic carbocycles. The summed E-state index contributed by atoms with van der Waals surface area (Å²) in [6, 6.07) is 9.72. The van der Waals surface area contributed by atoms with Gasteiger partial charge in [-0.25, -0.2) is 5.06 Å². The molecular weight excluding hydrogens is 302 g/mol. The molecule has 1 aromatic rings. The molecule has 2 atom stereocenters. The van der Waals surface area contributed by atoms with Gasteiger partial charge in [0.25, 0.3) is 0 Å². The first kappa shape index (κ1) is 16.9. The van der Waals surface area contributed by atoms with Crippen molar-refractivity contribution in [2.45, 2.75) is 39.1 Å². The summed E-state index contributed by atoms with van der Waals surface area (Å²) in [5.41, 5.74) is 1.01. The quantitative estimate of drug-likeness (QED) is 0.594. The number of nitrogens with zero attached hydrogens (tertiary/aromatic N) is 1. The number of hydroxylamine groups is 2. The van der Waals surface area contributed by atoms with Gasteiger partial charge in [-0.3, -0.25) is 9.63 Å². The lowest BCUT2D eigenvalue weighted by atomic mass is 10.2. The van der Waals surface area contributed by atoms with Gasteiger partial charge in [0.1, 0.15) is 12.7 Å². The van der Waals surface area contributed by atoms with Gasteiger partial charge in [-0.05, 0) is 17.8 Å². The molecule has 0 spiro atoms. The van der Waals surface area contributed by atoms with Crippen molar-refractivity contribution in [3.63, 3.8) is 0 Å². The summed E-state index contributed by atoms with van der Waals surface area (Å²) in [5, 5.41) is 1.86. The zero-order chi connectivity index (χ0) is 15.9. The van der Waals surface area contributed by atoms with Crippen LogP contribution in [0.4, 0.5) is 0 Å². The Morgan fingerprint density at radius 3 is 2.73 bits per heavy atom. The highest BCUT2D eigenvalue weighted by molar-refractivity contribution is 7.80. The summed E-state index contributed by atoms with van der Waals surface area (Å²) < 4.78 is 11.1. The Labute approximate surface area is 136 Å². The molecular formula is C16H21NO4S. The maximum atomic E-state index is 11.7. The number of thiocarbonyl (C=S) groups is 1.